The molecule has 0 saturated carbocycles. The lowest BCUT2D eigenvalue weighted by atomic mass is 10.2. The second kappa shape index (κ2) is 6.13. The van der Waals surface area contributed by atoms with Crippen LogP contribution in [-0.2, 0) is 4.79 Å². The highest BCUT2D eigenvalue weighted by atomic mass is 16.5. The third kappa shape index (κ3) is 3.04. The van der Waals surface area contributed by atoms with E-state index in [0.717, 1.165) is 13.0 Å². The molecule has 1 amide bonds. The predicted molar refractivity (Wildman–Crippen MR) is 76.4 cm³/mol. The van der Waals surface area contributed by atoms with Gasteiger partial charge in [-0.1, -0.05) is 6.07 Å². The van der Waals surface area contributed by atoms with Gasteiger partial charge in [-0.25, -0.2) is 0 Å². The number of carbonyl (C=O) groups is 1. The number of hydrogen-bond donors (Lipinski definition) is 1. The third-order valence-corrected chi connectivity index (χ3v) is 3.68. The van der Waals surface area contributed by atoms with E-state index in [0.29, 0.717) is 23.8 Å². The summed E-state index contributed by atoms with van der Waals surface area (Å²) in [6, 6.07) is 5.57. The minimum Gasteiger partial charge on any atom is -0.490 e. The molecule has 0 aliphatic carbocycles. The van der Waals surface area contributed by atoms with Crippen LogP contribution in [0.3, 0.4) is 0 Å². The molecule has 2 aliphatic heterocycles. The van der Waals surface area contributed by atoms with E-state index in [4.69, 9.17) is 9.47 Å². The van der Waals surface area contributed by atoms with Gasteiger partial charge in [0.2, 0.25) is 0 Å². The number of fused-ring (bicyclic) bond motifs is 1. The van der Waals surface area contributed by atoms with E-state index < -0.39 is 0 Å². The minimum absolute atomic E-state index is 0.0567. The van der Waals surface area contributed by atoms with Crippen LogP contribution >= 0.6 is 0 Å². The molecule has 5 nitrogen and oxygen atoms in total. The molecule has 0 radical (unpaired) electrons. The van der Waals surface area contributed by atoms with Crippen molar-refractivity contribution in [2.45, 2.75) is 19.3 Å². The zero-order chi connectivity index (χ0) is 13.8. The monoisotopic (exact) mass is 276 g/mol. The molecule has 1 N–H and O–H groups in total. The summed E-state index contributed by atoms with van der Waals surface area (Å²) in [5.41, 5.74) is 0.693. The summed E-state index contributed by atoms with van der Waals surface area (Å²) in [7, 11) is 0. The molecule has 0 atom stereocenters. The van der Waals surface area contributed by atoms with Crippen molar-refractivity contribution in [3.8, 4) is 11.5 Å². The van der Waals surface area contributed by atoms with E-state index in [1.165, 1.54) is 25.9 Å². The van der Waals surface area contributed by atoms with E-state index in [2.05, 4.69) is 10.2 Å². The molecule has 0 unspecified atom stereocenters. The van der Waals surface area contributed by atoms with Gasteiger partial charge in [0.25, 0.3) is 5.91 Å². The Bertz CT molecular complexity index is 484. The van der Waals surface area contributed by atoms with Crippen LogP contribution in [0, 0.1) is 0 Å². The summed E-state index contributed by atoms with van der Waals surface area (Å²) >= 11 is 0. The van der Waals surface area contributed by atoms with Gasteiger partial charge in [0, 0.05) is 6.54 Å². The van der Waals surface area contributed by atoms with E-state index in [-0.39, 0.29) is 12.5 Å². The molecule has 0 spiro atoms. The average Bonchev–Trinajstić information content (AvgIpc) is 2.96. The van der Waals surface area contributed by atoms with E-state index in [1.54, 1.807) is 0 Å². The highest BCUT2D eigenvalue weighted by Gasteiger charge is 2.19. The van der Waals surface area contributed by atoms with Gasteiger partial charge in [0.15, 0.2) is 18.1 Å². The van der Waals surface area contributed by atoms with Crippen LogP contribution in [0.15, 0.2) is 18.2 Å². The van der Waals surface area contributed by atoms with Gasteiger partial charge in [-0.05, 0) is 44.5 Å². The van der Waals surface area contributed by atoms with Crippen molar-refractivity contribution < 1.29 is 14.3 Å². The fourth-order valence-electron chi connectivity index (χ4n) is 2.68. The number of carbonyl (C=O) groups excluding carboxylic acids is 1. The molecule has 0 aromatic heterocycles. The van der Waals surface area contributed by atoms with Crippen LogP contribution in [0.1, 0.15) is 19.3 Å². The summed E-state index contributed by atoms with van der Waals surface area (Å²) < 4.78 is 11.2. The van der Waals surface area contributed by atoms with Crippen LogP contribution in [-0.4, -0.2) is 43.7 Å². The number of benzene rings is 1. The van der Waals surface area contributed by atoms with Crippen LogP contribution in [0.2, 0.25) is 0 Å². The van der Waals surface area contributed by atoms with Gasteiger partial charge in [0.05, 0.1) is 12.3 Å². The maximum absolute atomic E-state index is 11.3. The molecule has 5 heteroatoms. The standard InChI is InChI=1S/C15H20N2O3/c18-14-11-20-15-12(16-14)5-3-6-13(15)19-10-4-9-17-7-1-2-8-17/h3,5-6H,1-2,4,7-11H2,(H,16,18). The van der Waals surface area contributed by atoms with Crippen molar-refractivity contribution >= 4 is 11.6 Å². The Morgan fingerprint density at radius 3 is 3.00 bits per heavy atom. The maximum atomic E-state index is 11.3. The van der Waals surface area contributed by atoms with Crippen molar-refractivity contribution in [3.63, 3.8) is 0 Å². The lowest BCUT2D eigenvalue weighted by Crippen LogP contribution is -2.26. The molecule has 1 saturated heterocycles. The Balaban J connectivity index is 1.52. The van der Waals surface area contributed by atoms with Crippen LogP contribution in [0.25, 0.3) is 0 Å². The molecule has 1 aromatic carbocycles. The fourth-order valence-corrected chi connectivity index (χ4v) is 2.68. The van der Waals surface area contributed by atoms with Crippen LogP contribution in [0.5, 0.6) is 11.5 Å². The Morgan fingerprint density at radius 1 is 1.30 bits per heavy atom. The first-order valence-electron chi connectivity index (χ1n) is 7.24. The van der Waals surface area contributed by atoms with Crippen molar-refractivity contribution in [1.82, 2.24) is 4.90 Å². The Kier molecular flexibility index (Phi) is 4.06. The molecule has 3 rings (SSSR count). The number of amides is 1. The molecule has 1 fully saturated rings. The number of anilines is 1. The van der Waals surface area contributed by atoms with Crippen molar-refractivity contribution in [2.24, 2.45) is 0 Å². The van der Waals surface area contributed by atoms with E-state index in [9.17, 15) is 4.79 Å². The van der Waals surface area contributed by atoms with Gasteiger partial charge in [-0.2, -0.15) is 0 Å². The number of para-hydroxylation sites is 1. The SMILES string of the molecule is O=C1COc2c(cccc2OCCCN2CCCC2)N1. The second-order valence-corrected chi connectivity index (χ2v) is 5.22. The molecule has 2 heterocycles. The first-order chi connectivity index (χ1) is 9.83. The van der Waals surface area contributed by atoms with Crippen LogP contribution in [0.4, 0.5) is 5.69 Å². The largest absolute Gasteiger partial charge is 0.490 e. The number of nitrogens with zero attached hydrogens (tertiary/aromatic N) is 1. The smallest absolute Gasteiger partial charge is 0.262 e. The Labute approximate surface area is 118 Å². The summed E-state index contributed by atoms with van der Waals surface area (Å²) in [4.78, 5) is 13.7. The van der Waals surface area contributed by atoms with Gasteiger partial charge in [-0.3, -0.25) is 4.79 Å². The fraction of sp³-hybridized carbons (Fsp3) is 0.533. The van der Waals surface area contributed by atoms with Gasteiger partial charge in [0.1, 0.15) is 0 Å². The quantitative estimate of drug-likeness (QED) is 0.834. The highest BCUT2D eigenvalue weighted by Crippen LogP contribution is 2.37. The normalized spacial score (nSPS) is 18.3. The summed E-state index contributed by atoms with van der Waals surface area (Å²) in [5.74, 6) is 1.24. The zero-order valence-electron chi connectivity index (χ0n) is 11.6. The van der Waals surface area contributed by atoms with E-state index >= 15 is 0 Å². The highest BCUT2D eigenvalue weighted by molar-refractivity contribution is 5.96. The average molecular weight is 276 g/mol. The molecular weight excluding hydrogens is 256 g/mol. The predicted octanol–water partition coefficient (Wildman–Crippen LogP) is 1.88. The summed E-state index contributed by atoms with van der Waals surface area (Å²) in [6.07, 6.45) is 3.65. The summed E-state index contributed by atoms with van der Waals surface area (Å²) in [5, 5.41) is 2.78. The first-order valence-corrected chi connectivity index (χ1v) is 7.24. The lowest BCUT2D eigenvalue weighted by molar-refractivity contribution is -0.118. The topological polar surface area (TPSA) is 50.8 Å². The molecule has 108 valence electrons. The van der Waals surface area contributed by atoms with Crippen molar-refractivity contribution in [3.05, 3.63) is 18.2 Å². The van der Waals surface area contributed by atoms with Gasteiger partial charge in [-0.15, -0.1) is 0 Å². The third-order valence-electron chi connectivity index (χ3n) is 3.68. The Hall–Kier alpha value is -1.75. The zero-order valence-corrected chi connectivity index (χ0v) is 11.6. The number of likely N-dealkylation sites (tertiary alicyclic amines) is 1. The molecule has 0 bridgehead atoms. The number of nitrogens with one attached hydrogen (secondary N) is 1. The summed E-state index contributed by atoms with van der Waals surface area (Å²) in [6.45, 7) is 4.25. The number of ether oxygens (including phenoxy) is 2. The molecule has 2 aliphatic rings. The first kappa shape index (κ1) is 13.2. The molecular formula is C15H20N2O3. The maximum Gasteiger partial charge on any atom is 0.262 e. The second-order valence-electron chi connectivity index (χ2n) is 5.22. The lowest BCUT2D eigenvalue weighted by Gasteiger charge is -2.21. The molecule has 20 heavy (non-hydrogen) atoms. The number of rotatable bonds is 5. The van der Waals surface area contributed by atoms with Gasteiger partial charge < -0.3 is 19.7 Å². The van der Waals surface area contributed by atoms with Gasteiger partial charge >= 0.3 is 0 Å². The molecule has 1 aromatic rings. The van der Waals surface area contributed by atoms with E-state index in [1.807, 2.05) is 18.2 Å². The van der Waals surface area contributed by atoms with Crippen LogP contribution < -0.4 is 14.8 Å². The Morgan fingerprint density at radius 2 is 2.15 bits per heavy atom. The van der Waals surface area contributed by atoms with Crippen molar-refractivity contribution in [2.75, 3.05) is 38.2 Å². The number of hydrogen-bond acceptors (Lipinski definition) is 4. The van der Waals surface area contributed by atoms with Crippen molar-refractivity contribution in [1.29, 1.82) is 0 Å². The minimum atomic E-state index is -0.122.